The average Bonchev–Trinajstić information content (AvgIpc) is 2.37. The fraction of sp³-hybridized carbons (Fsp3) is 0.0833. The number of hydrogen-bond acceptors (Lipinski definition) is 5. The third-order valence-electron chi connectivity index (χ3n) is 2.02. The van der Waals surface area contributed by atoms with Gasteiger partial charge in [-0.25, -0.2) is 4.39 Å². The van der Waals surface area contributed by atoms with Gasteiger partial charge in [-0.1, -0.05) is 12.1 Å². The first-order valence-electron chi connectivity index (χ1n) is 5.20. The fourth-order valence-electron chi connectivity index (χ4n) is 1.23. The molecule has 100 valence electrons. The van der Waals surface area contributed by atoms with Crippen molar-refractivity contribution in [1.29, 1.82) is 5.41 Å². The molecular formula is C12H12FN3O3. The molecule has 1 amide bonds. The Morgan fingerprint density at radius 3 is 2.63 bits per heavy atom. The number of amides is 1. The Balaban J connectivity index is 3.00. The quantitative estimate of drug-likeness (QED) is 0.430. The van der Waals surface area contributed by atoms with Gasteiger partial charge in [-0.15, -0.1) is 0 Å². The Morgan fingerprint density at radius 1 is 1.42 bits per heavy atom. The maximum Gasteiger partial charge on any atom is 0.308 e. The third kappa shape index (κ3) is 3.91. The van der Waals surface area contributed by atoms with Gasteiger partial charge in [-0.3, -0.25) is 9.59 Å². The van der Waals surface area contributed by atoms with Crippen LogP contribution in [-0.2, 0) is 4.79 Å². The lowest BCUT2D eigenvalue weighted by Gasteiger charge is -2.09. The number of rotatable bonds is 4. The molecule has 0 atom stereocenters. The van der Waals surface area contributed by atoms with E-state index in [4.69, 9.17) is 15.9 Å². The number of nitrogens with two attached hydrogens (primary N) is 1. The summed E-state index contributed by atoms with van der Waals surface area (Å²) in [5, 5.41) is 8.73. The minimum absolute atomic E-state index is 0.0263. The van der Waals surface area contributed by atoms with Crippen molar-refractivity contribution in [2.75, 3.05) is 0 Å². The van der Waals surface area contributed by atoms with Crippen LogP contribution in [0.3, 0.4) is 0 Å². The van der Waals surface area contributed by atoms with Crippen molar-refractivity contribution < 1.29 is 18.7 Å². The average molecular weight is 265 g/mol. The van der Waals surface area contributed by atoms with E-state index in [0.29, 0.717) is 6.21 Å². The lowest BCUT2D eigenvalue weighted by molar-refractivity contribution is -0.131. The van der Waals surface area contributed by atoms with Gasteiger partial charge in [0, 0.05) is 6.92 Å². The van der Waals surface area contributed by atoms with Crippen LogP contribution in [-0.4, -0.2) is 18.1 Å². The molecule has 0 bridgehead atoms. The van der Waals surface area contributed by atoms with E-state index in [1.54, 1.807) is 12.1 Å². The van der Waals surface area contributed by atoms with Gasteiger partial charge in [0.1, 0.15) is 11.6 Å². The summed E-state index contributed by atoms with van der Waals surface area (Å²) in [4.78, 5) is 22.7. The summed E-state index contributed by atoms with van der Waals surface area (Å²) < 4.78 is 17.8. The summed E-state index contributed by atoms with van der Waals surface area (Å²) in [7, 11) is 0. The van der Waals surface area contributed by atoms with E-state index in [1.165, 1.54) is 19.1 Å². The summed E-state index contributed by atoms with van der Waals surface area (Å²) in [6, 6.07) is 5.94. The number of halogens is 1. The van der Waals surface area contributed by atoms with Crippen molar-refractivity contribution in [2.24, 2.45) is 5.73 Å². The number of benzene rings is 1. The zero-order chi connectivity index (χ0) is 14.4. The van der Waals surface area contributed by atoms with E-state index >= 15 is 0 Å². The summed E-state index contributed by atoms with van der Waals surface area (Å²) in [5.74, 6) is -2.95. The molecule has 1 aromatic rings. The van der Waals surface area contributed by atoms with Gasteiger partial charge in [0.05, 0.1) is 11.8 Å². The highest BCUT2D eigenvalue weighted by Crippen LogP contribution is 2.18. The number of carbonyl (C=O) groups excluding carboxylic acids is 2. The summed E-state index contributed by atoms with van der Waals surface area (Å²) >= 11 is 0. The van der Waals surface area contributed by atoms with Crippen LogP contribution >= 0.6 is 0 Å². The lowest BCUT2D eigenvalue weighted by atomic mass is 10.2. The molecule has 0 aliphatic carbocycles. The van der Waals surface area contributed by atoms with Crippen LogP contribution in [0.25, 0.3) is 0 Å². The van der Waals surface area contributed by atoms with E-state index in [-0.39, 0.29) is 11.3 Å². The highest BCUT2D eigenvalue weighted by molar-refractivity contribution is 5.98. The molecule has 4 N–H and O–H groups in total. The van der Waals surface area contributed by atoms with E-state index < -0.39 is 23.5 Å². The largest absolute Gasteiger partial charge is 0.426 e. The number of carbonyl (C=O) groups is 2. The Hall–Kier alpha value is -2.70. The second kappa shape index (κ2) is 6.29. The van der Waals surface area contributed by atoms with Gasteiger partial charge in [0.2, 0.25) is 0 Å². The molecule has 0 heterocycles. The maximum absolute atomic E-state index is 12.9. The Kier molecular flexibility index (Phi) is 4.76. The first kappa shape index (κ1) is 14.4. The Bertz CT molecular complexity index is 555. The van der Waals surface area contributed by atoms with Gasteiger partial charge < -0.3 is 21.2 Å². The van der Waals surface area contributed by atoms with Crippen LogP contribution in [0.5, 0.6) is 5.75 Å². The van der Waals surface area contributed by atoms with E-state index in [1.807, 2.05) is 0 Å². The van der Waals surface area contributed by atoms with Crippen LogP contribution < -0.4 is 15.8 Å². The highest BCUT2D eigenvalue weighted by atomic mass is 19.1. The monoisotopic (exact) mass is 265 g/mol. The highest BCUT2D eigenvalue weighted by Gasteiger charge is 2.14. The van der Waals surface area contributed by atoms with Crippen molar-refractivity contribution in [1.82, 2.24) is 5.32 Å². The summed E-state index contributed by atoms with van der Waals surface area (Å²) in [6.07, 6.45) is 0.369. The molecule has 0 aliphatic heterocycles. The number of para-hydroxylation sites is 1. The standard InChI is InChI=1S/C12H12FN3O3/c1-7(17)19-10-5-3-2-4-8(10)12(18)16-11(15)9(13)6-14/h2-6,14H,15H2,1H3,(H,16,18)/b11-9-,14-6?. The van der Waals surface area contributed by atoms with Crippen molar-refractivity contribution in [2.45, 2.75) is 6.92 Å². The summed E-state index contributed by atoms with van der Waals surface area (Å²) in [5.41, 5.74) is 5.26. The van der Waals surface area contributed by atoms with Crippen LogP contribution in [0.1, 0.15) is 17.3 Å². The smallest absolute Gasteiger partial charge is 0.308 e. The fourth-order valence-corrected chi connectivity index (χ4v) is 1.23. The first-order valence-corrected chi connectivity index (χ1v) is 5.20. The number of hydrogen-bond donors (Lipinski definition) is 3. The molecule has 0 unspecified atom stereocenters. The Morgan fingerprint density at radius 2 is 2.05 bits per heavy atom. The topological polar surface area (TPSA) is 105 Å². The van der Waals surface area contributed by atoms with Crippen molar-refractivity contribution in [3.63, 3.8) is 0 Å². The molecule has 1 aromatic carbocycles. The van der Waals surface area contributed by atoms with Gasteiger partial charge in [-0.05, 0) is 12.1 Å². The minimum Gasteiger partial charge on any atom is -0.426 e. The third-order valence-corrected chi connectivity index (χ3v) is 2.02. The number of nitrogens with one attached hydrogen (secondary N) is 2. The molecule has 0 saturated heterocycles. The van der Waals surface area contributed by atoms with Gasteiger partial charge in [0.25, 0.3) is 5.91 Å². The molecule has 7 heteroatoms. The number of esters is 1. The van der Waals surface area contributed by atoms with Crippen molar-refractivity contribution in [3.8, 4) is 5.75 Å². The first-order chi connectivity index (χ1) is 8.95. The predicted molar refractivity (Wildman–Crippen MR) is 66.3 cm³/mol. The minimum atomic E-state index is -1.07. The molecule has 19 heavy (non-hydrogen) atoms. The van der Waals surface area contributed by atoms with Crippen LogP contribution in [0.4, 0.5) is 4.39 Å². The molecule has 0 aliphatic rings. The second-order valence-corrected chi connectivity index (χ2v) is 3.45. The zero-order valence-electron chi connectivity index (χ0n) is 10.1. The number of ether oxygens (including phenoxy) is 1. The van der Waals surface area contributed by atoms with E-state index in [0.717, 1.165) is 0 Å². The van der Waals surface area contributed by atoms with Crippen molar-refractivity contribution in [3.05, 3.63) is 41.5 Å². The van der Waals surface area contributed by atoms with Crippen LogP contribution in [0.15, 0.2) is 35.9 Å². The van der Waals surface area contributed by atoms with Gasteiger partial charge in [0.15, 0.2) is 5.83 Å². The molecule has 1 rings (SSSR count). The zero-order valence-corrected chi connectivity index (χ0v) is 10.1. The summed E-state index contributed by atoms with van der Waals surface area (Å²) in [6.45, 7) is 1.19. The molecular weight excluding hydrogens is 253 g/mol. The predicted octanol–water partition coefficient (Wildman–Crippen LogP) is 1.09. The van der Waals surface area contributed by atoms with Crippen molar-refractivity contribution >= 4 is 18.1 Å². The normalized spacial score (nSPS) is 11.3. The lowest BCUT2D eigenvalue weighted by Crippen LogP contribution is -2.29. The molecule has 0 fully saturated rings. The maximum atomic E-state index is 12.9. The Labute approximate surface area is 108 Å². The number of allylic oxidation sites excluding steroid dienone is 1. The van der Waals surface area contributed by atoms with Crippen LogP contribution in [0.2, 0.25) is 0 Å². The van der Waals surface area contributed by atoms with E-state index in [9.17, 15) is 14.0 Å². The van der Waals surface area contributed by atoms with Gasteiger partial charge >= 0.3 is 5.97 Å². The molecule has 0 saturated carbocycles. The molecule has 0 radical (unpaired) electrons. The second-order valence-electron chi connectivity index (χ2n) is 3.45. The molecule has 0 aromatic heterocycles. The SMILES string of the molecule is CC(=O)Oc1ccccc1C(=O)N/C(N)=C(\F)C=N. The molecule has 0 spiro atoms. The molecule has 6 nitrogen and oxygen atoms in total. The van der Waals surface area contributed by atoms with Gasteiger partial charge in [-0.2, -0.15) is 0 Å². The van der Waals surface area contributed by atoms with E-state index in [2.05, 4.69) is 5.32 Å². The van der Waals surface area contributed by atoms with Crippen LogP contribution in [0, 0.1) is 5.41 Å².